The monoisotopic (exact) mass is 664 g/mol. The average molecular weight is 665 g/mol. The lowest BCUT2D eigenvalue weighted by Gasteiger charge is -2.47. The van der Waals surface area contributed by atoms with Gasteiger partial charge < -0.3 is 99.5 Å². The number of aliphatic hydroxyl groups is 12. The topological polar surface area (TPSA) is 345 Å². The second-order valence-electron chi connectivity index (χ2n) is 11.2. The van der Waals surface area contributed by atoms with Crippen LogP contribution >= 0.6 is 0 Å². The van der Waals surface area contributed by atoms with E-state index in [2.05, 4.69) is 0 Å². The SMILES string of the molecule is C[C@@H]1O[C@@H](O[C@@H]2[C@@H](O)[C@@H](O[C@@H]3O[C@H](CO[C@@H]4O[C@H](CO)[C@@H](O)[C@H](O)[C@H]4O)[C@H](O)[C@H](O)[C@H]3O)[C@@H](C(=O)O)O[C@H]2O)[C@H](O)[C@H](O)[C@H]1O. The van der Waals surface area contributed by atoms with Crippen molar-refractivity contribution >= 4 is 5.97 Å². The molecule has 4 heterocycles. The van der Waals surface area contributed by atoms with Gasteiger partial charge in [-0.15, -0.1) is 0 Å². The lowest BCUT2D eigenvalue weighted by molar-refractivity contribution is -0.379. The predicted molar refractivity (Wildman–Crippen MR) is 133 cm³/mol. The Morgan fingerprint density at radius 2 is 1.07 bits per heavy atom. The van der Waals surface area contributed by atoms with E-state index < -0.39 is 142 Å². The molecule has 0 saturated carbocycles. The number of aliphatic hydroxyl groups excluding tert-OH is 12. The number of carboxylic acid groups (broad SMARTS) is 1. The van der Waals surface area contributed by atoms with E-state index >= 15 is 0 Å². The summed E-state index contributed by atoms with van der Waals surface area (Å²) in [7, 11) is 0. The van der Waals surface area contributed by atoms with E-state index in [1.54, 1.807) is 0 Å². The molecule has 0 bridgehead atoms. The Balaban J connectivity index is 1.47. The zero-order chi connectivity index (χ0) is 33.5. The van der Waals surface area contributed by atoms with Gasteiger partial charge in [0.15, 0.2) is 31.3 Å². The number of carbonyl (C=O) groups is 1. The van der Waals surface area contributed by atoms with Crippen molar-refractivity contribution in [2.45, 2.75) is 130 Å². The first kappa shape index (κ1) is 36.5. The molecular weight excluding hydrogens is 624 g/mol. The maximum Gasteiger partial charge on any atom is 0.335 e. The molecule has 4 aliphatic rings. The first-order valence-electron chi connectivity index (χ1n) is 14.0. The quantitative estimate of drug-likeness (QED) is 0.109. The third-order valence-corrected chi connectivity index (χ3v) is 8.11. The van der Waals surface area contributed by atoms with Crippen LogP contribution in [0.2, 0.25) is 0 Å². The fourth-order valence-corrected chi connectivity index (χ4v) is 5.34. The highest BCUT2D eigenvalue weighted by Crippen LogP contribution is 2.33. The molecule has 13 N–H and O–H groups in total. The number of carboxylic acids is 1. The highest BCUT2D eigenvalue weighted by atomic mass is 16.8. The number of ether oxygens (including phenoxy) is 7. The molecule has 4 rings (SSSR count). The average Bonchev–Trinajstić information content (AvgIpc) is 3.00. The molecule has 20 atom stereocenters. The summed E-state index contributed by atoms with van der Waals surface area (Å²) >= 11 is 0. The number of rotatable bonds is 9. The summed E-state index contributed by atoms with van der Waals surface area (Å²) in [4.78, 5) is 11.9. The van der Waals surface area contributed by atoms with E-state index in [-0.39, 0.29) is 0 Å². The maximum atomic E-state index is 11.9. The van der Waals surface area contributed by atoms with Crippen LogP contribution in [0.1, 0.15) is 6.92 Å². The van der Waals surface area contributed by atoms with Crippen molar-refractivity contribution in [2.75, 3.05) is 13.2 Å². The van der Waals surface area contributed by atoms with Gasteiger partial charge in [-0.25, -0.2) is 4.79 Å². The van der Waals surface area contributed by atoms with Gasteiger partial charge in [0, 0.05) is 0 Å². The molecular formula is C24H40O21. The van der Waals surface area contributed by atoms with Crippen LogP contribution in [0.4, 0.5) is 0 Å². The molecule has 4 saturated heterocycles. The Labute approximate surface area is 253 Å². The Hall–Kier alpha value is -1.29. The van der Waals surface area contributed by atoms with Crippen molar-refractivity contribution < 1.29 is 104 Å². The maximum absolute atomic E-state index is 11.9. The van der Waals surface area contributed by atoms with Gasteiger partial charge in [-0.3, -0.25) is 0 Å². The second-order valence-corrected chi connectivity index (χ2v) is 11.2. The summed E-state index contributed by atoms with van der Waals surface area (Å²) in [5, 5.41) is 132. The molecule has 4 fully saturated rings. The normalized spacial score (nSPS) is 52.8. The Morgan fingerprint density at radius 1 is 0.578 bits per heavy atom. The van der Waals surface area contributed by atoms with Crippen LogP contribution in [0.25, 0.3) is 0 Å². The number of hydrogen-bond donors (Lipinski definition) is 13. The lowest BCUT2D eigenvalue weighted by Crippen LogP contribution is -2.67. The highest BCUT2D eigenvalue weighted by Gasteiger charge is 2.55. The van der Waals surface area contributed by atoms with Crippen LogP contribution in [0.3, 0.4) is 0 Å². The minimum absolute atomic E-state index is 0.743. The van der Waals surface area contributed by atoms with Crippen LogP contribution in [0.15, 0.2) is 0 Å². The summed E-state index contributed by atoms with van der Waals surface area (Å²) in [5.41, 5.74) is 0. The minimum Gasteiger partial charge on any atom is -0.479 e. The molecule has 21 heteroatoms. The van der Waals surface area contributed by atoms with Gasteiger partial charge in [-0.2, -0.15) is 0 Å². The third-order valence-electron chi connectivity index (χ3n) is 8.11. The lowest BCUT2D eigenvalue weighted by atomic mass is 9.96. The van der Waals surface area contributed by atoms with Gasteiger partial charge in [-0.1, -0.05) is 0 Å². The molecule has 0 unspecified atom stereocenters. The molecule has 0 amide bonds. The molecule has 45 heavy (non-hydrogen) atoms. The van der Waals surface area contributed by atoms with Gasteiger partial charge in [0.1, 0.15) is 85.5 Å². The first-order chi connectivity index (χ1) is 21.1. The van der Waals surface area contributed by atoms with Crippen LogP contribution in [-0.2, 0) is 38.0 Å². The summed E-state index contributed by atoms with van der Waals surface area (Å²) in [6.07, 6.45) is -36.5. The summed E-state index contributed by atoms with van der Waals surface area (Å²) in [6.45, 7) is -0.184. The zero-order valence-electron chi connectivity index (χ0n) is 23.5. The van der Waals surface area contributed by atoms with Crippen molar-refractivity contribution in [1.82, 2.24) is 0 Å². The predicted octanol–water partition coefficient (Wildman–Crippen LogP) is -8.63. The van der Waals surface area contributed by atoms with Crippen molar-refractivity contribution in [2.24, 2.45) is 0 Å². The van der Waals surface area contributed by atoms with Crippen LogP contribution in [0.5, 0.6) is 0 Å². The standard InChI is InChI=1S/C24H40O21/c1-4-7(26)10(29)14(33)23(40-4)45-18-16(35)17(19(20(36)37)43-21(18)38)44-24-15(34)12(31)9(28)6(42-24)3-39-22-13(32)11(30)8(27)5(2-25)41-22/h4-19,21-35,38H,2-3H2,1H3,(H,36,37)/t4-,5+,6+,7-,8+,9-,10+,11-,12-,13+,14+,15+,16-,17+,18+,19-,21+,22+,23-,24-/m0/s1. The van der Waals surface area contributed by atoms with Crippen LogP contribution < -0.4 is 0 Å². The molecule has 262 valence electrons. The van der Waals surface area contributed by atoms with E-state index in [1.807, 2.05) is 0 Å². The fourth-order valence-electron chi connectivity index (χ4n) is 5.34. The molecule has 21 nitrogen and oxygen atoms in total. The molecule has 4 aliphatic heterocycles. The van der Waals surface area contributed by atoms with Crippen LogP contribution in [0, 0.1) is 0 Å². The van der Waals surface area contributed by atoms with E-state index in [1.165, 1.54) is 6.92 Å². The second kappa shape index (κ2) is 14.9. The van der Waals surface area contributed by atoms with Crippen LogP contribution in [-0.4, -0.2) is 208 Å². The van der Waals surface area contributed by atoms with Gasteiger partial charge in [0.2, 0.25) is 0 Å². The molecule has 0 aromatic heterocycles. The molecule has 0 spiro atoms. The van der Waals surface area contributed by atoms with Crippen molar-refractivity contribution in [3.63, 3.8) is 0 Å². The van der Waals surface area contributed by atoms with Gasteiger partial charge in [0.25, 0.3) is 0 Å². The molecule has 0 aromatic rings. The van der Waals surface area contributed by atoms with Gasteiger partial charge in [-0.05, 0) is 6.92 Å². The summed E-state index contributed by atoms with van der Waals surface area (Å²) in [5.74, 6) is -1.77. The molecule has 0 radical (unpaired) electrons. The Kier molecular flexibility index (Phi) is 12.1. The van der Waals surface area contributed by atoms with E-state index in [9.17, 15) is 71.2 Å². The molecule has 0 aromatic carbocycles. The summed E-state index contributed by atoms with van der Waals surface area (Å²) < 4.78 is 37.2. The van der Waals surface area contributed by atoms with Crippen molar-refractivity contribution in [3.8, 4) is 0 Å². The molecule has 0 aliphatic carbocycles. The van der Waals surface area contributed by atoms with Gasteiger partial charge >= 0.3 is 5.97 Å². The largest absolute Gasteiger partial charge is 0.479 e. The summed E-state index contributed by atoms with van der Waals surface area (Å²) in [6, 6.07) is 0. The number of aliphatic carboxylic acids is 1. The zero-order valence-corrected chi connectivity index (χ0v) is 23.5. The Morgan fingerprint density at radius 3 is 1.64 bits per heavy atom. The number of hydrogen-bond acceptors (Lipinski definition) is 20. The minimum atomic E-state index is -2.18. The first-order valence-corrected chi connectivity index (χ1v) is 14.0. The Bertz CT molecular complexity index is 973. The van der Waals surface area contributed by atoms with E-state index in [0.717, 1.165) is 0 Å². The highest BCUT2D eigenvalue weighted by molar-refractivity contribution is 5.73. The van der Waals surface area contributed by atoms with E-state index in [4.69, 9.17) is 33.2 Å². The fraction of sp³-hybridized carbons (Fsp3) is 0.958. The van der Waals surface area contributed by atoms with Crippen molar-refractivity contribution in [3.05, 3.63) is 0 Å². The van der Waals surface area contributed by atoms with E-state index in [0.29, 0.717) is 0 Å². The smallest absolute Gasteiger partial charge is 0.335 e. The van der Waals surface area contributed by atoms with Gasteiger partial charge in [0.05, 0.1) is 19.3 Å². The third kappa shape index (κ3) is 7.41. The van der Waals surface area contributed by atoms with Crippen molar-refractivity contribution in [1.29, 1.82) is 0 Å².